The van der Waals surface area contributed by atoms with E-state index >= 15 is 0 Å². The Bertz CT molecular complexity index is 1310. The van der Waals surface area contributed by atoms with Gasteiger partial charge in [0.2, 0.25) is 0 Å². The molecule has 0 amide bonds. The van der Waals surface area contributed by atoms with Crippen molar-refractivity contribution in [2.75, 3.05) is 0 Å². The topological polar surface area (TPSA) is 65.1 Å². The van der Waals surface area contributed by atoms with Crippen LogP contribution < -0.4 is 0 Å². The van der Waals surface area contributed by atoms with Crippen molar-refractivity contribution in [3.63, 3.8) is 0 Å². The lowest BCUT2D eigenvalue weighted by molar-refractivity contribution is 0.0990. The Balaban J connectivity index is 1.71. The normalized spacial score (nSPS) is 13.4. The van der Waals surface area contributed by atoms with Crippen LogP contribution in [0.4, 0.5) is 0 Å². The first kappa shape index (κ1) is 17.4. The third-order valence-corrected chi connectivity index (χ3v) is 5.41. The highest BCUT2D eigenvalue weighted by molar-refractivity contribution is 6.41. The monoisotopic (exact) mass is 382 g/mol. The van der Waals surface area contributed by atoms with E-state index in [2.05, 4.69) is 4.98 Å². The molecule has 5 nitrogen and oxygen atoms in total. The van der Waals surface area contributed by atoms with Crippen LogP contribution in [0.15, 0.2) is 58.5 Å². The van der Waals surface area contributed by atoms with Gasteiger partial charge in [-0.1, -0.05) is 18.2 Å². The molecule has 29 heavy (non-hydrogen) atoms. The van der Waals surface area contributed by atoms with Crippen LogP contribution in [0.3, 0.4) is 0 Å². The van der Waals surface area contributed by atoms with Crippen LogP contribution in [-0.4, -0.2) is 21.1 Å². The molecular weight excluding hydrogens is 364 g/mol. The number of para-hydroxylation sites is 1. The second-order valence-electron chi connectivity index (χ2n) is 7.36. The third kappa shape index (κ3) is 2.58. The Kier molecular flexibility index (Phi) is 3.68. The van der Waals surface area contributed by atoms with E-state index in [1.165, 1.54) is 0 Å². The van der Waals surface area contributed by atoms with Crippen molar-refractivity contribution in [2.45, 2.75) is 20.8 Å². The van der Waals surface area contributed by atoms with E-state index in [0.717, 1.165) is 16.8 Å². The van der Waals surface area contributed by atoms with Crippen LogP contribution in [-0.2, 0) is 0 Å². The second-order valence-corrected chi connectivity index (χ2v) is 7.36. The van der Waals surface area contributed by atoms with Crippen LogP contribution in [0.5, 0.6) is 0 Å². The number of hydrogen-bond donors (Lipinski definition) is 0. The predicted octanol–water partition coefficient (Wildman–Crippen LogP) is 5.01. The van der Waals surface area contributed by atoms with Gasteiger partial charge in [-0.3, -0.25) is 14.2 Å². The maximum Gasteiger partial charge on any atom is 0.197 e. The molecule has 0 atom stereocenters. The number of rotatable bonds is 2. The van der Waals surface area contributed by atoms with Gasteiger partial charge in [-0.25, -0.2) is 0 Å². The fourth-order valence-corrected chi connectivity index (χ4v) is 3.83. The molecule has 2 aromatic heterocycles. The first-order valence-electron chi connectivity index (χ1n) is 9.40. The van der Waals surface area contributed by atoms with Gasteiger partial charge in [0, 0.05) is 29.8 Å². The smallest absolute Gasteiger partial charge is 0.197 e. The molecule has 0 fully saturated rings. The summed E-state index contributed by atoms with van der Waals surface area (Å²) < 4.78 is 7.59. The van der Waals surface area contributed by atoms with Crippen molar-refractivity contribution in [3.05, 3.63) is 87.9 Å². The predicted molar refractivity (Wildman–Crippen MR) is 111 cm³/mol. The summed E-state index contributed by atoms with van der Waals surface area (Å²) in [6.07, 6.45) is 1.65. The van der Waals surface area contributed by atoms with Crippen LogP contribution in [0, 0.1) is 20.8 Å². The Morgan fingerprint density at radius 3 is 2.14 bits per heavy atom. The maximum atomic E-state index is 13.0. The fourth-order valence-electron chi connectivity index (χ4n) is 3.83. The lowest BCUT2D eigenvalue weighted by Gasteiger charge is -2.07. The van der Waals surface area contributed by atoms with Gasteiger partial charge < -0.3 is 4.42 Å². The van der Waals surface area contributed by atoms with Crippen molar-refractivity contribution in [1.29, 1.82) is 0 Å². The summed E-state index contributed by atoms with van der Waals surface area (Å²) in [5.74, 6) is 0.0783. The van der Waals surface area contributed by atoms with Crippen LogP contribution in [0.1, 0.15) is 43.4 Å². The standard InChI is InChI=1S/C24H18N2O3/c1-13-9-18-19(10-14(13)2)23(28)20(22(18)27)11-17-12-21-24(25-15(3)29-21)26(17)16-7-5-4-6-8-16/h4-12H,1-3H3. The number of hydrogen-bond acceptors (Lipinski definition) is 4. The van der Waals surface area contributed by atoms with Gasteiger partial charge in [0.15, 0.2) is 28.7 Å². The first-order chi connectivity index (χ1) is 13.9. The molecule has 2 aromatic carbocycles. The fraction of sp³-hybridized carbons (Fsp3) is 0.125. The second kappa shape index (κ2) is 6.14. The summed E-state index contributed by atoms with van der Waals surface area (Å²) in [6.45, 7) is 5.68. The number of allylic oxidation sites excluding steroid dienone is 1. The Morgan fingerprint density at radius 1 is 0.897 bits per heavy atom. The number of ketones is 2. The minimum atomic E-state index is -0.241. The highest BCUT2D eigenvalue weighted by Crippen LogP contribution is 2.32. The molecule has 1 aliphatic rings. The average molecular weight is 382 g/mol. The van der Waals surface area contributed by atoms with Gasteiger partial charge >= 0.3 is 0 Å². The average Bonchev–Trinajstić information content (AvgIpc) is 3.28. The summed E-state index contributed by atoms with van der Waals surface area (Å²) in [4.78, 5) is 30.5. The van der Waals surface area contributed by atoms with Crippen molar-refractivity contribution >= 4 is 28.9 Å². The third-order valence-electron chi connectivity index (χ3n) is 5.41. The van der Waals surface area contributed by atoms with E-state index in [-0.39, 0.29) is 17.1 Å². The molecule has 0 radical (unpaired) electrons. The molecular formula is C24H18N2O3. The minimum Gasteiger partial charge on any atom is -0.439 e. The van der Waals surface area contributed by atoms with Gasteiger partial charge in [0.1, 0.15) is 0 Å². The van der Waals surface area contributed by atoms with Crippen LogP contribution >= 0.6 is 0 Å². The van der Waals surface area contributed by atoms with Crippen molar-refractivity contribution in [2.24, 2.45) is 0 Å². The number of carbonyl (C=O) groups excluding carboxylic acids is 2. The molecule has 0 N–H and O–H groups in total. The zero-order valence-corrected chi connectivity index (χ0v) is 16.3. The van der Waals surface area contributed by atoms with Crippen molar-refractivity contribution in [1.82, 2.24) is 9.55 Å². The van der Waals surface area contributed by atoms with Gasteiger partial charge in [-0.05, 0) is 55.3 Å². The molecule has 0 unspecified atom stereocenters. The zero-order valence-electron chi connectivity index (χ0n) is 16.3. The van der Waals surface area contributed by atoms with Gasteiger partial charge in [-0.2, -0.15) is 4.98 Å². The molecule has 0 saturated heterocycles. The number of Topliss-reactive ketones (excluding diaryl/α,β-unsaturated/α-hetero) is 2. The van der Waals surface area contributed by atoms with Crippen LogP contribution in [0.2, 0.25) is 0 Å². The molecule has 142 valence electrons. The van der Waals surface area contributed by atoms with E-state index in [0.29, 0.717) is 33.9 Å². The van der Waals surface area contributed by atoms with Gasteiger partial charge in [0.25, 0.3) is 0 Å². The molecule has 5 rings (SSSR count). The lowest BCUT2D eigenvalue weighted by Crippen LogP contribution is -2.03. The summed E-state index contributed by atoms with van der Waals surface area (Å²) in [5, 5.41) is 0. The highest BCUT2D eigenvalue weighted by atomic mass is 16.3. The first-order valence-corrected chi connectivity index (χ1v) is 9.40. The van der Waals surface area contributed by atoms with Gasteiger partial charge in [-0.15, -0.1) is 0 Å². The van der Waals surface area contributed by atoms with Crippen LogP contribution in [0.25, 0.3) is 23.0 Å². The quantitative estimate of drug-likeness (QED) is 0.361. The Hall–Kier alpha value is -3.73. The van der Waals surface area contributed by atoms with E-state index in [9.17, 15) is 9.59 Å². The van der Waals surface area contributed by atoms with Crippen molar-refractivity contribution < 1.29 is 14.0 Å². The summed E-state index contributed by atoms with van der Waals surface area (Å²) >= 11 is 0. The van der Waals surface area contributed by atoms with E-state index in [4.69, 9.17) is 4.42 Å². The molecule has 5 heteroatoms. The van der Waals surface area contributed by atoms with E-state index in [1.54, 1.807) is 25.1 Å². The largest absolute Gasteiger partial charge is 0.439 e. The lowest BCUT2D eigenvalue weighted by atomic mass is 10.0. The molecule has 2 heterocycles. The van der Waals surface area contributed by atoms with E-state index < -0.39 is 0 Å². The number of nitrogens with zero attached hydrogens (tertiary/aromatic N) is 2. The number of benzene rings is 2. The maximum absolute atomic E-state index is 13.0. The molecule has 4 aromatic rings. The highest BCUT2D eigenvalue weighted by Gasteiger charge is 2.34. The molecule has 0 bridgehead atoms. The number of carbonyl (C=O) groups is 2. The number of aromatic nitrogens is 2. The number of aryl methyl sites for hydroxylation is 3. The molecule has 0 aliphatic heterocycles. The minimum absolute atomic E-state index is 0.166. The summed E-state index contributed by atoms with van der Waals surface area (Å²) in [5.41, 5.74) is 5.92. The Labute approximate surface area is 167 Å². The SMILES string of the molecule is Cc1nc2c(cc(C=C3C(=O)c4cc(C)c(C)cc4C3=O)n2-c2ccccc2)o1. The summed E-state index contributed by atoms with van der Waals surface area (Å²) in [7, 11) is 0. The van der Waals surface area contributed by atoms with Gasteiger partial charge in [0.05, 0.1) is 11.3 Å². The van der Waals surface area contributed by atoms with E-state index in [1.807, 2.05) is 54.8 Å². The molecule has 0 spiro atoms. The molecule has 1 aliphatic carbocycles. The number of oxazole rings is 1. The number of fused-ring (bicyclic) bond motifs is 2. The Morgan fingerprint density at radius 2 is 1.52 bits per heavy atom. The molecule has 0 saturated carbocycles. The zero-order chi connectivity index (χ0) is 20.3. The summed E-state index contributed by atoms with van der Waals surface area (Å²) in [6, 6.07) is 15.1. The van der Waals surface area contributed by atoms with Crippen molar-refractivity contribution in [3.8, 4) is 5.69 Å².